The summed E-state index contributed by atoms with van der Waals surface area (Å²) in [4.78, 5) is 36.6. The number of nitrogen functional groups attached to an aromatic ring is 1. The molecule has 0 unspecified atom stereocenters. The number of halogens is 4. The van der Waals surface area contributed by atoms with E-state index >= 15 is 0 Å². The highest BCUT2D eigenvalue weighted by molar-refractivity contribution is 6.02. The molecule has 0 atom stereocenters. The van der Waals surface area contributed by atoms with Crippen LogP contribution in [0.15, 0.2) is 48.9 Å². The third kappa shape index (κ3) is 6.00. The number of amides is 3. The third-order valence-corrected chi connectivity index (χ3v) is 6.75. The fraction of sp³-hybridized carbons (Fsp3) is 0.259. The quantitative estimate of drug-likeness (QED) is 0.237. The van der Waals surface area contributed by atoms with Crippen molar-refractivity contribution in [3.8, 4) is 16.9 Å². The number of aromatic nitrogens is 3. The Hall–Kier alpha value is -4.88. The normalized spacial score (nSPS) is 14.2. The molecule has 3 amide bonds. The van der Waals surface area contributed by atoms with Crippen LogP contribution in [0.2, 0.25) is 0 Å². The topological polar surface area (TPSA) is 138 Å². The van der Waals surface area contributed by atoms with Crippen LogP contribution in [-0.4, -0.2) is 51.0 Å². The van der Waals surface area contributed by atoms with Crippen molar-refractivity contribution in [2.45, 2.75) is 32.0 Å². The Kier molecular flexibility index (Phi) is 7.39. The van der Waals surface area contributed by atoms with Crippen LogP contribution in [0.1, 0.15) is 25.3 Å². The number of nitrogens with one attached hydrogen (secondary N) is 3. The molecule has 14 heteroatoms. The van der Waals surface area contributed by atoms with Crippen molar-refractivity contribution in [3.63, 3.8) is 0 Å². The molecular weight excluding hydrogens is 546 g/mol. The zero-order chi connectivity index (χ0) is 29.3. The molecule has 10 nitrogen and oxygen atoms in total. The molecule has 0 spiro atoms. The number of fused-ring (bicyclic) bond motifs is 1. The molecule has 214 valence electrons. The van der Waals surface area contributed by atoms with Crippen LogP contribution >= 0.6 is 0 Å². The number of alkyl halides is 3. The van der Waals surface area contributed by atoms with E-state index in [-0.39, 0.29) is 28.8 Å². The van der Waals surface area contributed by atoms with E-state index in [2.05, 4.69) is 25.6 Å². The number of nitrogens with zero attached hydrogens (tertiary/aromatic N) is 3. The van der Waals surface area contributed by atoms with E-state index in [1.807, 2.05) is 0 Å². The smallest absolute Gasteiger partial charge is 0.420 e. The number of nitrogens with two attached hydrogens (primary N) is 1. The molecule has 1 saturated heterocycles. The van der Waals surface area contributed by atoms with Crippen LogP contribution in [0.25, 0.3) is 22.2 Å². The fourth-order valence-corrected chi connectivity index (χ4v) is 4.68. The molecule has 1 aliphatic rings. The van der Waals surface area contributed by atoms with Gasteiger partial charge in [-0.25, -0.2) is 19.2 Å². The first-order valence-electron chi connectivity index (χ1n) is 12.6. The van der Waals surface area contributed by atoms with E-state index in [1.165, 1.54) is 31.5 Å². The monoisotopic (exact) mass is 571 g/mol. The molecule has 1 aliphatic heterocycles. The minimum atomic E-state index is -4.76. The zero-order valence-electron chi connectivity index (χ0n) is 21.7. The maximum Gasteiger partial charge on any atom is 0.420 e. The molecule has 0 saturated carbocycles. The molecule has 1 fully saturated rings. The molecule has 0 bridgehead atoms. The Bertz CT molecular complexity index is 1610. The van der Waals surface area contributed by atoms with E-state index in [9.17, 15) is 27.2 Å². The van der Waals surface area contributed by atoms with Crippen molar-refractivity contribution < 1.29 is 31.9 Å². The van der Waals surface area contributed by atoms with Gasteiger partial charge in [0.25, 0.3) is 0 Å². The number of benzene rings is 2. The van der Waals surface area contributed by atoms with E-state index in [4.69, 9.17) is 10.5 Å². The second-order valence-electron chi connectivity index (χ2n) is 9.49. The second-order valence-corrected chi connectivity index (χ2v) is 9.49. The maximum absolute atomic E-state index is 14.9. The summed E-state index contributed by atoms with van der Waals surface area (Å²) in [6.07, 6.45) is -1.57. The predicted octanol–water partition coefficient (Wildman–Crippen LogP) is 5.40. The second kappa shape index (κ2) is 10.9. The molecular formula is C27H25F4N7O3. The molecule has 5 rings (SSSR count). The number of ether oxygens (including phenoxy) is 1. The van der Waals surface area contributed by atoms with E-state index in [0.29, 0.717) is 48.1 Å². The van der Waals surface area contributed by atoms with Gasteiger partial charge in [0.05, 0.1) is 16.6 Å². The predicted molar refractivity (Wildman–Crippen MR) is 144 cm³/mol. The average molecular weight is 572 g/mol. The summed E-state index contributed by atoms with van der Waals surface area (Å²) in [7, 11) is 0. The van der Waals surface area contributed by atoms with E-state index in [0.717, 1.165) is 12.1 Å². The number of aromatic amines is 1. The number of H-pyrrole nitrogens is 1. The highest BCUT2D eigenvalue weighted by Crippen LogP contribution is 2.39. The standard InChI is InChI=1S/C27H25F4N7O3/c1-14(39)38-8-6-17(7-9-38)41-22-5-3-16(11-19(22)27(29,30)31)36-26(40)37-21-4-2-15(10-20(21)28)18-12-33-25-23(18)24(32)34-13-35-25/h2-5,10-13,17H,6-9H2,1H3,(H2,36,37,40)(H3,32,33,34,35). The first-order chi connectivity index (χ1) is 19.5. The summed E-state index contributed by atoms with van der Waals surface area (Å²) in [6, 6.07) is 6.24. The van der Waals surface area contributed by atoms with Crippen molar-refractivity contribution in [3.05, 3.63) is 60.3 Å². The van der Waals surface area contributed by atoms with Crippen molar-refractivity contribution in [1.82, 2.24) is 19.9 Å². The highest BCUT2D eigenvalue weighted by atomic mass is 19.4. The Morgan fingerprint density at radius 2 is 1.85 bits per heavy atom. The van der Waals surface area contributed by atoms with Gasteiger partial charge in [-0.2, -0.15) is 13.2 Å². The van der Waals surface area contributed by atoms with Crippen molar-refractivity contribution >= 4 is 40.2 Å². The minimum absolute atomic E-state index is 0.0986. The van der Waals surface area contributed by atoms with Crippen molar-refractivity contribution in [2.24, 2.45) is 0 Å². The molecule has 4 aromatic rings. The lowest BCUT2D eigenvalue weighted by molar-refractivity contribution is -0.139. The highest BCUT2D eigenvalue weighted by Gasteiger charge is 2.36. The molecule has 41 heavy (non-hydrogen) atoms. The third-order valence-electron chi connectivity index (χ3n) is 6.75. The molecule has 0 aliphatic carbocycles. The zero-order valence-corrected chi connectivity index (χ0v) is 21.7. The number of hydrogen-bond donors (Lipinski definition) is 4. The Balaban J connectivity index is 1.28. The molecule has 5 N–H and O–H groups in total. The van der Waals surface area contributed by atoms with E-state index in [1.54, 1.807) is 17.2 Å². The first kappa shape index (κ1) is 27.7. The van der Waals surface area contributed by atoms with Crippen LogP contribution in [0, 0.1) is 5.82 Å². The minimum Gasteiger partial charge on any atom is -0.490 e. The lowest BCUT2D eigenvalue weighted by Crippen LogP contribution is -2.40. The number of piperidine rings is 1. The Labute approximate surface area is 230 Å². The van der Waals surface area contributed by atoms with E-state index < -0.39 is 29.7 Å². The van der Waals surface area contributed by atoms with Crippen molar-refractivity contribution in [1.29, 1.82) is 0 Å². The number of carbonyl (C=O) groups is 2. The number of likely N-dealkylation sites (tertiary alicyclic amines) is 1. The van der Waals surface area contributed by atoms with Crippen LogP contribution in [0.3, 0.4) is 0 Å². The lowest BCUT2D eigenvalue weighted by atomic mass is 10.1. The molecule has 2 aromatic carbocycles. The van der Waals surface area contributed by atoms with Crippen molar-refractivity contribution in [2.75, 3.05) is 29.5 Å². The summed E-state index contributed by atoms with van der Waals surface area (Å²) >= 11 is 0. The molecule has 2 aromatic heterocycles. The SMILES string of the molecule is CC(=O)N1CCC(Oc2ccc(NC(=O)Nc3ccc(-c4c[nH]c5ncnc(N)c45)cc3F)cc2C(F)(F)F)CC1. The van der Waals surface area contributed by atoms with Gasteiger partial charge in [-0.05, 0) is 35.9 Å². The van der Waals surface area contributed by atoms with Gasteiger partial charge < -0.3 is 31.0 Å². The number of anilines is 3. The largest absolute Gasteiger partial charge is 0.490 e. The Morgan fingerprint density at radius 3 is 2.54 bits per heavy atom. The number of rotatable bonds is 5. The van der Waals surface area contributed by atoms with Gasteiger partial charge in [-0.1, -0.05) is 6.07 Å². The first-order valence-corrected chi connectivity index (χ1v) is 12.6. The summed E-state index contributed by atoms with van der Waals surface area (Å²) in [5.74, 6) is -1.05. The fourth-order valence-electron chi connectivity index (χ4n) is 4.68. The number of urea groups is 1. The van der Waals surface area contributed by atoms with Crippen LogP contribution in [0.4, 0.5) is 39.5 Å². The van der Waals surface area contributed by atoms with Gasteiger partial charge in [0.2, 0.25) is 5.91 Å². The summed E-state index contributed by atoms with van der Waals surface area (Å²) in [5.41, 5.74) is 5.98. The van der Waals surface area contributed by atoms with Gasteiger partial charge in [0, 0.05) is 50.3 Å². The Morgan fingerprint density at radius 1 is 1.10 bits per heavy atom. The lowest BCUT2D eigenvalue weighted by Gasteiger charge is -2.32. The van der Waals surface area contributed by atoms with Gasteiger partial charge in [-0.15, -0.1) is 0 Å². The van der Waals surface area contributed by atoms with Crippen LogP contribution in [0.5, 0.6) is 5.75 Å². The van der Waals surface area contributed by atoms with Gasteiger partial charge in [-0.3, -0.25) is 4.79 Å². The summed E-state index contributed by atoms with van der Waals surface area (Å²) in [6.45, 7) is 2.22. The van der Waals surface area contributed by atoms with Crippen LogP contribution in [-0.2, 0) is 11.0 Å². The summed E-state index contributed by atoms with van der Waals surface area (Å²) in [5, 5.41) is 5.12. The molecule has 3 heterocycles. The number of hydrogen-bond acceptors (Lipinski definition) is 6. The average Bonchev–Trinajstić information content (AvgIpc) is 3.36. The van der Waals surface area contributed by atoms with Gasteiger partial charge >= 0.3 is 12.2 Å². The van der Waals surface area contributed by atoms with Crippen LogP contribution < -0.4 is 21.1 Å². The summed E-state index contributed by atoms with van der Waals surface area (Å²) < 4.78 is 62.0. The van der Waals surface area contributed by atoms with Gasteiger partial charge in [0.1, 0.15) is 35.5 Å². The number of carbonyl (C=O) groups excluding carboxylic acids is 2. The maximum atomic E-state index is 14.9. The molecule has 0 radical (unpaired) electrons. The van der Waals surface area contributed by atoms with Gasteiger partial charge in [0.15, 0.2) is 0 Å².